The fourth-order valence-corrected chi connectivity index (χ4v) is 1.91. The van der Waals surface area contributed by atoms with Crippen LogP contribution in [0.1, 0.15) is 11.7 Å². The summed E-state index contributed by atoms with van der Waals surface area (Å²) in [7, 11) is 0. The highest BCUT2D eigenvalue weighted by molar-refractivity contribution is 9.10. The van der Waals surface area contributed by atoms with E-state index in [9.17, 15) is 10.1 Å². The van der Waals surface area contributed by atoms with E-state index in [2.05, 4.69) is 21.2 Å². The van der Waals surface area contributed by atoms with Crippen molar-refractivity contribution in [3.63, 3.8) is 0 Å². The Morgan fingerprint density at radius 1 is 1.62 bits per heavy atom. The molecule has 1 N–H and O–H groups in total. The van der Waals surface area contributed by atoms with Crippen LogP contribution in [0.4, 0.5) is 0 Å². The van der Waals surface area contributed by atoms with Crippen molar-refractivity contribution in [2.24, 2.45) is 0 Å². The number of halogens is 1. The molecule has 1 unspecified atom stereocenters. The number of benzene rings is 1. The molecule has 0 bridgehead atoms. The highest BCUT2D eigenvalue weighted by atomic mass is 79.9. The molecule has 1 aliphatic heterocycles. The Hall–Kier alpha value is -1.56. The summed E-state index contributed by atoms with van der Waals surface area (Å²) in [6.07, 6.45) is 0.654. The van der Waals surface area contributed by atoms with Gasteiger partial charge in [-0.25, -0.2) is 0 Å². The summed E-state index contributed by atoms with van der Waals surface area (Å²) in [4.78, 5) is 9.72. The molecule has 6 heteroatoms. The third kappa shape index (κ3) is 2.52. The Bertz CT molecular complexity index is 447. The SMILES string of the molecule is O=[N+]([O-])C=C1NCC(c2cccc(Br)c2)O1. The molecule has 1 aliphatic rings. The van der Waals surface area contributed by atoms with Crippen LogP contribution < -0.4 is 5.32 Å². The van der Waals surface area contributed by atoms with Crippen molar-refractivity contribution in [2.45, 2.75) is 6.10 Å². The van der Waals surface area contributed by atoms with E-state index < -0.39 is 4.92 Å². The average molecular weight is 285 g/mol. The Morgan fingerprint density at radius 3 is 3.12 bits per heavy atom. The van der Waals surface area contributed by atoms with E-state index in [1.165, 1.54) is 0 Å². The van der Waals surface area contributed by atoms with Crippen LogP contribution in [-0.2, 0) is 4.74 Å². The fraction of sp³-hybridized carbons (Fsp3) is 0.200. The maximum Gasteiger partial charge on any atom is 0.293 e. The Morgan fingerprint density at radius 2 is 2.44 bits per heavy atom. The van der Waals surface area contributed by atoms with E-state index in [1.807, 2.05) is 24.3 Å². The van der Waals surface area contributed by atoms with Crippen LogP contribution in [0.5, 0.6) is 0 Å². The lowest BCUT2D eigenvalue weighted by atomic mass is 10.1. The van der Waals surface area contributed by atoms with Gasteiger partial charge in [0.15, 0.2) is 0 Å². The van der Waals surface area contributed by atoms with Crippen LogP contribution in [-0.4, -0.2) is 11.5 Å². The lowest BCUT2D eigenvalue weighted by molar-refractivity contribution is -0.405. The molecule has 0 saturated carbocycles. The fourth-order valence-electron chi connectivity index (χ4n) is 1.49. The molecular weight excluding hydrogens is 276 g/mol. The van der Waals surface area contributed by atoms with Gasteiger partial charge < -0.3 is 10.1 Å². The van der Waals surface area contributed by atoms with E-state index in [4.69, 9.17) is 4.74 Å². The molecule has 1 atom stereocenters. The molecule has 1 aromatic carbocycles. The van der Waals surface area contributed by atoms with Gasteiger partial charge in [-0.05, 0) is 17.7 Å². The van der Waals surface area contributed by atoms with Gasteiger partial charge in [0.2, 0.25) is 0 Å². The molecule has 0 aliphatic carbocycles. The Kier molecular flexibility index (Phi) is 3.09. The minimum atomic E-state index is -0.536. The third-order valence-electron chi connectivity index (χ3n) is 2.17. The summed E-state index contributed by atoms with van der Waals surface area (Å²) >= 11 is 3.37. The Balaban J connectivity index is 2.12. The molecular formula is C10H9BrN2O3. The summed E-state index contributed by atoms with van der Waals surface area (Å²) in [5.41, 5.74) is 0.980. The van der Waals surface area contributed by atoms with Crippen LogP contribution in [0.25, 0.3) is 0 Å². The van der Waals surface area contributed by atoms with Crippen molar-refractivity contribution in [3.8, 4) is 0 Å². The first kappa shape index (κ1) is 10.9. The summed E-state index contributed by atoms with van der Waals surface area (Å²) in [5, 5.41) is 13.1. The van der Waals surface area contributed by atoms with Crippen LogP contribution in [0, 0.1) is 10.1 Å². The molecule has 84 valence electrons. The quantitative estimate of drug-likeness (QED) is 0.668. The number of hydrogen-bond acceptors (Lipinski definition) is 4. The molecule has 1 heterocycles. The molecule has 0 amide bonds. The van der Waals surface area contributed by atoms with Crippen molar-refractivity contribution < 1.29 is 9.66 Å². The minimum Gasteiger partial charge on any atom is -0.465 e. The summed E-state index contributed by atoms with van der Waals surface area (Å²) in [6, 6.07) is 7.67. The number of nitrogens with one attached hydrogen (secondary N) is 1. The summed E-state index contributed by atoms with van der Waals surface area (Å²) < 4.78 is 6.36. The first-order valence-electron chi connectivity index (χ1n) is 4.66. The van der Waals surface area contributed by atoms with Crippen molar-refractivity contribution in [2.75, 3.05) is 6.54 Å². The lowest BCUT2D eigenvalue weighted by Gasteiger charge is -2.08. The zero-order valence-electron chi connectivity index (χ0n) is 8.22. The average Bonchev–Trinajstić information content (AvgIpc) is 2.65. The number of ether oxygens (including phenoxy) is 1. The molecule has 2 rings (SSSR count). The van der Waals surface area contributed by atoms with E-state index >= 15 is 0 Å². The van der Waals surface area contributed by atoms with E-state index in [0.717, 1.165) is 16.2 Å². The molecule has 5 nitrogen and oxygen atoms in total. The molecule has 0 aromatic heterocycles. The minimum absolute atomic E-state index is 0.177. The zero-order valence-corrected chi connectivity index (χ0v) is 9.81. The Labute approximate surface area is 100 Å². The van der Waals surface area contributed by atoms with Gasteiger partial charge in [-0.2, -0.15) is 0 Å². The maximum absolute atomic E-state index is 10.3. The zero-order chi connectivity index (χ0) is 11.5. The predicted molar refractivity (Wildman–Crippen MR) is 61.0 cm³/mol. The topological polar surface area (TPSA) is 64.4 Å². The van der Waals surface area contributed by atoms with Gasteiger partial charge in [0.25, 0.3) is 12.1 Å². The van der Waals surface area contributed by atoms with Gasteiger partial charge >= 0.3 is 0 Å². The van der Waals surface area contributed by atoms with Gasteiger partial charge in [-0.15, -0.1) is 0 Å². The standard InChI is InChI=1S/C10H9BrN2O3/c11-8-3-1-2-7(4-8)9-5-12-10(16-9)6-13(14)15/h1-4,6,9,12H,5H2. The van der Waals surface area contributed by atoms with Crippen LogP contribution in [0.2, 0.25) is 0 Å². The number of nitrogens with zero attached hydrogens (tertiary/aromatic N) is 1. The van der Waals surface area contributed by atoms with Crippen molar-refractivity contribution in [1.82, 2.24) is 5.32 Å². The van der Waals surface area contributed by atoms with Gasteiger partial charge in [0, 0.05) is 4.47 Å². The molecule has 1 fully saturated rings. The van der Waals surface area contributed by atoms with Crippen LogP contribution >= 0.6 is 15.9 Å². The number of hydrogen-bond donors (Lipinski definition) is 1. The number of rotatable bonds is 2. The summed E-state index contributed by atoms with van der Waals surface area (Å²) in [5.74, 6) is 0.204. The van der Waals surface area contributed by atoms with E-state index in [0.29, 0.717) is 6.54 Å². The molecule has 1 aromatic rings. The van der Waals surface area contributed by atoms with Crippen LogP contribution in [0.3, 0.4) is 0 Å². The van der Waals surface area contributed by atoms with E-state index in [-0.39, 0.29) is 12.0 Å². The monoisotopic (exact) mass is 284 g/mol. The second kappa shape index (κ2) is 4.52. The lowest BCUT2D eigenvalue weighted by Crippen LogP contribution is -2.08. The van der Waals surface area contributed by atoms with Crippen molar-refractivity contribution >= 4 is 15.9 Å². The molecule has 1 saturated heterocycles. The normalized spacial score (nSPS) is 21.6. The van der Waals surface area contributed by atoms with Crippen LogP contribution in [0.15, 0.2) is 40.8 Å². The second-order valence-corrected chi connectivity index (χ2v) is 4.24. The molecule has 0 spiro atoms. The highest BCUT2D eigenvalue weighted by Crippen LogP contribution is 2.26. The highest BCUT2D eigenvalue weighted by Gasteiger charge is 2.23. The second-order valence-electron chi connectivity index (χ2n) is 3.32. The van der Waals surface area contributed by atoms with Gasteiger partial charge in [0.1, 0.15) is 6.10 Å². The van der Waals surface area contributed by atoms with Gasteiger partial charge in [0.05, 0.1) is 11.5 Å². The van der Waals surface area contributed by atoms with Crippen molar-refractivity contribution in [3.05, 3.63) is 56.5 Å². The van der Waals surface area contributed by atoms with Crippen molar-refractivity contribution in [1.29, 1.82) is 0 Å². The van der Waals surface area contributed by atoms with E-state index in [1.54, 1.807) is 0 Å². The first-order chi connectivity index (χ1) is 7.65. The number of nitro groups is 1. The maximum atomic E-state index is 10.3. The first-order valence-corrected chi connectivity index (χ1v) is 5.46. The smallest absolute Gasteiger partial charge is 0.293 e. The molecule has 0 radical (unpaired) electrons. The molecule has 16 heavy (non-hydrogen) atoms. The van der Waals surface area contributed by atoms with Gasteiger partial charge in [-0.3, -0.25) is 10.1 Å². The predicted octanol–water partition coefficient (Wildman–Crippen LogP) is 2.19. The van der Waals surface area contributed by atoms with Gasteiger partial charge in [-0.1, -0.05) is 28.1 Å². The largest absolute Gasteiger partial charge is 0.465 e. The summed E-state index contributed by atoms with van der Waals surface area (Å²) in [6.45, 7) is 0.538. The third-order valence-corrected chi connectivity index (χ3v) is 2.67.